The van der Waals surface area contributed by atoms with E-state index in [0.29, 0.717) is 18.1 Å². The van der Waals surface area contributed by atoms with E-state index in [-0.39, 0.29) is 0 Å². The fraction of sp³-hybridized carbons (Fsp3) is 0.160. The minimum Gasteiger partial charge on any atom is -0.481 e. The SMILES string of the molecule is COC(=O)Nc1cccc(CC(c2cccnc2)(c2cccnc2)c2ccc(OC)nc2)n1. The van der Waals surface area contributed by atoms with Crippen molar-refractivity contribution in [3.05, 3.63) is 108 Å². The Balaban J connectivity index is 1.90. The lowest BCUT2D eigenvalue weighted by Crippen LogP contribution is -2.33. The molecule has 1 N–H and O–H groups in total. The molecule has 8 heteroatoms. The molecule has 0 aliphatic heterocycles. The Morgan fingerprint density at radius 2 is 1.58 bits per heavy atom. The summed E-state index contributed by atoms with van der Waals surface area (Å²) < 4.78 is 9.97. The predicted molar refractivity (Wildman–Crippen MR) is 123 cm³/mol. The third-order valence-electron chi connectivity index (χ3n) is 5.42. The van der Waals surface area contributed by atoms with Crippen LogP contribution in [0.25, 0.3) is 0 Å². The van der Waals surface area contributed by atoms with Crippen molar-refractivity contribution in [2.24, 2.45) is 0 Å². The second-order valence-electron chi connectivity index (χ2n) is 7.29. The summed E-state index contributed by atoms with van der Waals surface area (Å²) in [7, 11) is 2.90. The number of ether oxygens (including phenoxy) is 2. The van der Waals surface area contributed by atoms with Gasteiger partial charge in [0.05, 0.1) is 19.6 Å². The third kappa shape index (κ3) is 4.64. The highest BCUT2D eigenvalue weighted by Crippen LogP contribution is 2.41. The number of carbonyl (C=O) groups excluding carboxylic acids is 1. The van der Waals surface area contributed by atoms with Crippen LogP contribution in [0.15, 0.2) is 85.6 Å². The molecule has 4 aromatic rings. The van der Waals surface area contributed by atoms with E-state index in [0.717, 1.165) is 22.4 Å². The van der Waals surface area contributed by atoms with Gasteiger partial charge in [0.15, 0.2) is 0 Å². The van der Waals surface area contributed by atoms with E-state index < -0.39 is 11.5 Å². The monoisotopic (exact) mass is 441 g/mol. The molecule has 4 rings (SSSR count). The van der Waals surface area contributed by atoms with Crippen molar-refractivity contribution in [2.45, 2.75) is 11.8 Å². The number of aromatic nitrogens is 4. The average molecular weight is 441 g/mol. The van der Waals surface area contributed by atoms with Crippen LogP contribution < -0.4 is 10.1 Å². The molecule has 0 fully saturated rings. The summed E-state index contributed by atoms with van der Waals surface area (Å²) in [5, 5.41) is 2.63. The molecular weight excluding hydrogens is 418 g/mol. The first-order chi connectivity index (χ1) is 16.2. The molecule has 1 amide bonds. The zero-order chi connectivity index (χ0) is 23.1. The summed E-state index contributed by atoms with van der Waals surface area (Å²) in [6.07, 6.45) is 8.85. The van der Waals surface area contributed by atoms with E-state index in [4.69, 9.17) is 9.47 Å². The van der Waals surface area contributed by atoms with Gasteiger partial charge >= 0.3 is 6.09 Å². The molecule has 0 unspecified atom stereocenters. The van der Waals surface area contributed by atoms with Crippen molar-refractivity contribution >= 4 is 11.9 Å². The fourth-order valence-electron chi connectivity index (χ4n) is 3.87. The number of hydrogen-bond acceptors (Lipinski definition) is 7. The van der Waals surface area contributed by atoms with E-state index in [9.17, 15) is 4.79 Å². The molecule has 8 nitrogen and oxygen atoms in total. The van der Waals surface area contributed by atoms with E-state index >= 15 is 0 Å². The van der Waals surface area contributed by atoms with Crippen molar-refractivity contribution in [3.63, 3.8) is 0 Å². The van der Waals surface area contributed by atoms with E-state index in [2.05, 4.69) is 25.3 Å². The Bertz CT molecular complexity index is 1160. The standard InChI is InChI=1S/C25H23N5O3/c1-32-23-11-10-20(17-28-23)25(18-6-4-12-26-15-18,19-7-5-13-27-16-19)14-21-8-3-9-22(29-21)30-24(31)33-2/h3-13,15-17H,14H2,1-2H3,(H,29,30,31). The van der Waals surface area contributed by atoms with Crippen molar-refractivity contribution in [2.75, 3.05) is 19.5 Å². The third-order valence-corrected chi connectivity index (χ3v) is 5.42. The first kappa shape index (κ1) is 21.9. The van der Waals surface area contributed by atoms with E-state index in [1.54, 1.807) is 31.8 Å². The molecule has 0 aliphatic rings. The van der Waals surface area contributed by atoms with Gasteiger partial charge in [0, 0.05) is 49.2 Å². The molecule has 0 saturated carbocycles. The highest BCUT2D eigenvalue weighted by molar-refractivity contribution is 5.83. The lowest BCUT2D eigenvalue weighted by molar-refractivity contribution is 0.187. The number of anilines is 1. The molecule has 0 saturated heterocycles. The Labute approximate surface area is 191 Å². The van der Waals surface area contributed by atoms with Crippen molar-refractivity contribution in [3.8, 4) is 5.88 Å². The Hall–Kier alpha value is -4.33. The van der Waals surface area contributed by atoms with Gasteiger partial charge in [-0.1, -0.05) is 24.3 Å². The highest BCUT2D eigenvalue weighted by Gasteiger charge is 2.38. The van der Waals surface area contributed by atoms with E-state index in [1.165, 1.54) is 7.11 Å². The molecule has 0 spiro atoms. The summed E-state index contributed by atoms with van der Waals surface area (Å²) in [5.74, 6) is 0.922. The molecule has 166 valence electrons. The van der Waals surface area contributed by atoms with Crippen LogP contribution in [0.2, 0.25) is 0 Å². The van der Waals surface area contributed by atoms with Gasteiger partial charge in [-0.3, -0.25) is 15.3 Å². The number of nitrogens with one attached hydrogen (secondary N) is 1. The number of amides is 1. The summed E-state index contributed by atoms with van der Waals surface area (Å²) >= 11 is 0. The van der Waals surface area contributed by atoms with Gasteiger partial charge < -0.3 is 9.47 Å². The maximum absolute atomic E-state index is 11.7. The topological polar surface area (TPSA) is 99.1 Å². The number of pyridine rings is 4. The number of hydrogen-bond donors (Lipinski definition) is 1. The van der Waals surface area contributed by atoms with Crippen LogP contribution in [0.3, 0.4) is 0 Å². The number of methoxy groups -OCH3 is 2. The molecule has 0 atom stereocenters. The molecule has 0 aliphatic carbocycles. The molecule has 0 aromatic carbocycles. The smallest absolute Gasteiger partial charge is 0.412 e. The number of rotatable bonds is 7. The fourth-order valence-corrected chi connectivity index (χ4v) is 3.87. The first-order valence-corrected chi connectivity index (χ1v) is 10.3. The maximum Gasteiger partial charge on any atom is 0.412 e. The minimum absolute atomic E-state index is 0.401. The van der Waals surface area contributed by atoms with Gasteiger partial charge in [-0.05, 0) is 41.0 Å². The lowest BCUT2D eigenvalue weighted by Gasteiger charge is -2.35. The Kier molecular flexibility index (Phi) is 6.54. The molecule has 4 aromatic heterocycles. The van der Waals surface area contributed by atoms with Crippen LogP contribution >= 0.6 is 0 Å². The summed E-state index contributed by atoms with van der Waals surface area (Å²) in [6, 6.07) is 17.2. The summed E-state index contributed by atoms with van der Waals surface area (Å²) in [4.78, 5) is 29.6. The molecule has 4 heterocycles. The molecule has 0 radical (unpaired) electrons. The van der Waals surface area contributed by atoms with Crippen molar-refractivity contribution < 1.29 is 14.3 Å². The predicted octanol–water partition coefficient (Wildman–Crippen LogP) is 4.03. The van der Waals surface area contributed by atoms with Crippen LogP contribution in [0, 0.1) is 0 Å². The molecular formula is C25H23N5O3. The maximum atomic E-state index is 11.7. The van der Waals surface area contributed by atoms with Gasteiger partial charge in [-0.15, -0.1) is 0 Å². The zero-order valence-corrected chi connectivity index (χ0v) is 18.3. The minimum atomic E-state index is -0.696. The quantitative estimate of drug-likeness (QED) is 0.462. The van der Waals surface area contributed by atoms with Crippen LogP contribution in [-0.4, -0.2) is 40.2 Å². The second-order valence-corrected chi connectivity index (χ2v) is 7.29. The average Bonchev–Trinajstić information content (AvgIpc) is 2.88. The largest absolute Gasteiger partial charge is 0.481 e. The van der Waals surface area contributed by atoms with Gasteiger partial charge in [0.2, 0.25) is 5.88 Å². The second kappa shape index (κ2) is 9.86. The van der Waals surface area contributed by atoms with Gasteiger partial charge in [-0.2, -0.15) is 0 Å². The molecule has 0 bridgehead atoms. The lowest BCUT2D eigenvalue weighted by atomic mass is 9.68. The number of carbonyl (C=O) groups is 1. The van der Waals surface area contributed by atoms with E-state index in [1.807, 2.05) is 60.9 Å². The van der Waals surface area contributed by atoms with Crippen LogP contribution in [0.1, 0.15) is 22.4 Å². The summed E-state index contributed by atoms with van der Waals surface area (Å²) in [6.45, 7) is 0. The van der Waals surface area contributed by atoms with Crippen LogP contribution in [0.4, 0.5) is 10.6 Å². The van der Waals surface area contributed by atoms with Crippen molar-refractivity contribution in [1.29, 1.82) is 0 Å². The van der Waals surface area contributed by atoms with Crippen molar-refractivity contribution in [1.82, 2.24) is 19.9 Å². The summed E-state index contributed by atoms with van der Waals surface area (Å²) in [5.41, 5.74) is 2.90. The number of nitrogens with zero attached hydrogens (tertiary/aromatic N) is 4. The van der Waals surface area contributed by atoms with Gasteiger partial charge in [-0.25, -0.2) is 14.8 Å². The Morgan fingerprint density at radius 3 is 2.12 bits per heavy atom. The first-order valence-electron chi connectivity index (χ1n) is 10.3. The normalized spacial score (nSPS) is 11.0. The van der Waals surface area contributed by atoms with Gasteiger partial charge in [0.25, 0.3) is 0 Å². The molecule has 33 heavy (non-hydrogen) atoms. The van der Waals surface area contributed by atoms with Crippen LogP contribution in [0.5, 0.6) is 5.88 Å². The van der Waals surface area contributed by atoms with Gasteiger partial charge in [0.1, 0.15) is 5.82 Å². The Morgan fingerprint density at radius 1 is 0.879 bits per heavy atom. The van der Waals surface area contributed by atoms with Crippen LogP contribution in [-0.2, 0) is 16.6 Å². The zero-order valence-electron chi connectivity index (χ0n) is 18.3. The highest BCUT2D eigenvalue weighted by atomic mass is 16.5.